The second-order valence-electron chi connectivity index (χ2n) is 2.15. The third kappa shape index (κ3) is 1.98. The summed E-state index contributed by atoms with van der Waals surface area (Å²) in [6, 6.07) is 1.74. The maximum Gasteiger partial charge on any atom is 0.135 e. The molecule has 0 aliphatic carbocycles. The van der Waals surface area contributed by atoms with Gasteiger partial charge in [0.05, 0.1) is 5.88 Å². The molecule has 1 aromatic heterocycles. The summed E-state index contributed by atoms with van der Waals surface area (Å²) in [7, 11) is 0. The van der Waals surface area contributed by atoms with Crippen LogP contribution in [0.4, 0.5) is 0 Å². The number of aromatic nitrogens is 1. The summed E-state index contributed by atoms with van der Waals surface area (Å²) in [5.74, 6) is 0.297. The molecule has 0 bridgehead atoms. The van der Waals surface area contributed by atoms with E-state index in [1.807, 2.05) is 6.92 Å². The number of aryl methyl sites for hydroxylation is 1. The summed E-state index contributed by atoms with van der Waals surface area (Å²) in [5, 5.41) is 0.975. The van der Waals surface area contributed by atoms with Crippen LogP contribution in [0.1, 0.15) is 11.3 Å². The molecule has 1 aromatic rings. The lowest BCUT2D eigenvalue weighted by molar-refractivity contribution is 1.16. The first-order valence-corrected chi connectivity index (χ1v) is 4.31. The molecule has 0 aliphatic rings. The van der Waals surface area contributed by atoms with Crippen LogP contribution in [0.25, 0.3) is 0 Å². The van der Waals surface area contributed by atoms with Gasteiger partial charge in [-0.2, -0.15) is 0 Å². The van der Waals surface area contributed by atoms with Crippen LogP contribution >= 0.6 is 34.8 Å². The minimum atomic E-state index is 0.297. The summed E-state index contributed by atoms with van der Waals surface area (Å²) >= 11 is 17.2. The Hall–Kier alpha value is 0.0200. The Bertz CT molecular complexity index is 249. The Morgan fingerprint density at radius 3 is 2.55 bits per heavy atom. The highest BCUT2D eigenvalue weighted by molar-refractivity contribution is 6.36. The molecule has 0 saturated carbocycles. The molecule has 11 heavy (non-hydrogen) atoms. The summed E-state index contributed by atoms with van der Waals surface area (Å²) in [6.45, 7) is 1.83. The molecule has 60 valence electrons. The van der Waals surface area contributed by atoms with E-state index < -0.39 is 0 Å². The van der Waals surface area contributed by atoms with Gasteiger partial charge in [-0.1, -0.05) is 23.2 Å². The van der Waals surface area contributed by atoms with Gasteiger partial charge in [0.1, 0.15) is 5.15 Å². The highest BCUT2D eigenvalue weighted by Crippen LogP contribution is 2.24. The molecule has 0 radical (unpaired) electrons. The number of rotatable bonds is 1. The fourth-order valence-electron chi connectivity index (χ4n) is 0.743. The van der Waals surface area contributed by atoms with Crippen LogP contribution in [-0.2, 0) is 5.88 Å². The summed E-state index contributed by atoms with van der Waals surface area (Å²) in [5.41, 5.74) is 1.49. The van der Waals surface area contributed by atoms with Gasteiger partial charge in [-0.3, -0.25) is 0 Å². The van der Waals surface area contributed by atoms with Crippen molar-refractivity contribution >= 4 is 34.8 Å². The Morgan fingerprint density at radius 1 is 1.45 bits per heavy atom. The maximum absolute atomic E-state index is 5.83. The van der Waals surface area contributed by atoms with E-state index in [0.29, 0.717) is 21.6 Å². The standard InChI is InChI=1S/C7H6Cl3N/c1-4-2-6(9)5(3-8)7(10)11-4/h2H,3H2,1H3. The highest BCUT2D eigenvalue weighted by atomic mass is 35.5. The molecular formula is C7H6Cl3N. The summed E-state index contributed by atoms with van der Waals surface area (Å²) in [6.07, 6.45) is 0. The van der Waals surface area contributed by atoms with Crippen molar-refractivity contribution in [3.05, 3.63) is 27.5 Å². The fourth-order valence-corrected chi connectivity index (χ4v) is 1.81. The van der Waals surface area contributed by atoms with Gasteiger partial charge in [0.15, 0.2) is 0 Å². The minimum Gasteiger partial charge on any atom is -0.241 e. The zero-order valence-corrected chi connectivity index (χ0v) is 8.13. The normalized spacial score (nSPS) is 10.2. The Balaban J connectivity index is 3.25. The van der Waals surface area contributed by atoms with E-state index in [0.717, 1.165) is 5.69 Å². The molecule has 1 nitrogen and oxygen atoms in total. The van der Waals surface area contributed by atoms with Crippen molar-refractivity contribution in [2.45, 2.75) is 12.8 Å². The SMILES string of the molecule is Cc1cc(Cl)c(CCl)c(Cl)n1. The number of nitrogens with zero attached hydrogens (tertiary/aromatic N) is 1. The first kappa shape index (κ1) is 9.11. The van der Waals surface area contributed by atoms with Gasteiger partial charge in [0.2, 0.25) is 0 Å². The van der Waals surface area contributed by atoms with E-state index in [1.54, 1.807) is 6.07 Å². The summed E-state index contributed by atoms with van der Waals surface area (Å²) < 4.78 is 0. The van der Waals surface area contributed by atoms with Crippen molar-refractivity contribution in [3.8, 4) is 0 Å². The fraction of sp³-hybridized carbons (Fsp3) is 0.286. The first-order valence-electron chi connectivity index (χ1n) is 3.02. The topological polar surface area (TPSA) is 12.9 Å². The van der Waals surface area contributed by atoms with E-state index in [4.69, 9.17) is 34.8 Å². The lowest BCUT2D eigenvalue weighted by Gasteiger charge is -2.02. The zero-order chi connectivity index (χ0) is 8.43. The number of hydrogen-bond donors (Lipinski definition) is 0. The number of halogens is 3. The third-order valence-corrected chi connectivity index (χ3v) is 2.20. The van der Waals surface area contributed by atoms with Gasteiger partial charge in [-0.15, -0.1) is 11.6 Å². The van der Waals surface area contributed by atoms with Gasteiger partial charge in [-0.05, 0) is 13.0 Å². The monoisotopic (exact) mass is 209 g/mol. The molecule has 0 amide bonds. The molecular weight excluding hydrogens is 204 g/mol. The summed E-state index contributed by atoms with van der Waals surface area (Å²) in [4.78, 5) is 4.00. The second kappa shape index (κ2) is 3.61. The van der Waals surface area contributed by atoms with Crippen molar-refractivity contribution in [1.29, 1.82) is 0 Å². The van der Waals surface area contributed by atoms with Gasteiger partial charge in [-0.25, -0.2) is 4.98 Å². The average molecular weight is 210 g/mol. The predicted molar refractivity (Wildman–Crippen MR) is 48.6 cm³/mol. The van der Waals surface area contributed by atoms with Crippen LogP contribution in [0.3, 0.4) is 0 Å². The van der Waals surface area contributed by atoms with Crippen LogP contribution in [0, 0.1) is 6.92 Å². The molecule has 1 rings (SSSR count). The van der Waals surface area contributed by atoms with Gasteiger partial charge >= 0.3 is 0 Å². The Labute approximate surface area is 80.3 Å². The predicted octanol–water partition coefficient (Wildman–Crippen LogP) is 3.44. The zero-order valence-electron chi connectivity index (χ0n) is 5.87. The number of hydrogen-bond acceptors (Lipinski definition) is 1. The third-order valence-electron chi connectivity index (χ3n) is 1.28. The Morgan fingerprint density at radius 2 is 2.09 bits per heavy atom. The molecule has 0 aromatic carbocycles. The van der Waals surface area contributed by atoms with Gasteiger partial charge in [0, 0.05) is 16.3 Å². The smallest absolute Gasteiger partial charge is 0.135 e. The second-order valence-corrected chi connectivity index (χ2v) is 3.18. The molecule has 0 saturated heterocycles. The van der Waals surface area contributed by atoms with Crippen LogP contribution in [0.15, 0.2) is 6.07 Å². The van der Waals surface area contributed by atoms with Crippen molar-refractivity contribution in [2.75, 3.05) is 0 Å². The van der Waals surface area contributed by atoms with Gasteiger partial charge < -0.3 is 0 Å². The minimum absolute atomic E-state index is 0.297. The maximum atomic E-state index is 5.83. The van der Waals surface area contributed by atoms with E-state index in [-0.39, 0.29) is 0 Å². The van der Waals surface area contributed by atoms with E-state index >= 15 is 0 Å². The van der Waals surface area contributed by atoms with E-state index in [9.17, 15) is 0 Å². The molecule has 0 unspecified atom stereocenters. The largest absolute Gasteiger partial charge is 0.241 e. The lowest BCUT2D eigenvalue weighted by Crippen LogP contribution is -1.89. The average Bonchev–Trinajstić information content (AvgIpc) is 1.85. The highest BCUT2D eigenvalue weighted by Gasteiger charge is 2.05. The van der Waals surface area contributed by atoms with Crippen LogP contribution in [0.5, 0.6) is 0 Å². The molecule has 0 aliphatic heterocycles. The number of alkyl halides is 1. The van der Waals surface area contributed by atoms with Crippen LogP contribution < -0.4 is 0 Å². The van der Waals surface area contributed by atoms with E-state index in [2.05, 4.69) is 4.98 Å². The quantitative estimate of drug-likeness (QED) is 0.511. The molecule has 0 spiro atoms. The van der Waals surface area contributed by atoms with Gasteiger partial charge in [0.25, 0.3) is 0 Å². The molecule has 1 heterocycles. The van der Waals surface area contributed by atoms with Crippen LogP contribution in [-0.4, -0.2) is 4.98 Å². The van der Waals surface area contributed by atoms with Crippen LogP contribution in [0.2, 0.25) is 10.2 Å². The number of pyridine rings is 1. The van der Waals surface area contributed by atoms with Crippen molar-refractivity contribution in [1.82, 2.24) is 4.98 Å². The van der Waals surface area contributed by atoms with Crippen molar-refractivity contribution < 1.29 is 0 Å². The molecule has 4 heteroatoms. The van der Waals surface area contributed by atoms with Crippen molar-refractivity contribution in [3.63, 3.8) is 0 Å². The molecule has 0 N–H and O–H groups in total. The Kier molecular flexibility index (Phi) is 2.99. The first-order chi connectivity index (χ1) is 5.15. The molecule has 0 fully saturated rings. The van der Waals surface area contributed by atoms with Crippen molar-refractivity contribution in [2.24, 2.45) is 0 Å². The van der Waals surface area contributed by atoms with E-state index in [1.165, 1.54) is 0 Å². The lowest BCUT2D eigenvalue weighted by atomic mass is 10.3. The molecule has 0 atom stereocenters.